The van der Waals surface area contributed by atoms with E-state index in [1.165, 1.54) is 18.1 Å². The van der Waals surface area contributed by atoms with Gasteiger partial charge in [0.2, 0.25) is 0 Å². The second-order valence-electron chi connectivity index (χ2n) is 5.05. The fourth-order valence-corrected chi connectivity index (χ4v) is 2.33. The molecule has 2 rings (SSSR count). The van der Waals surface area contributed by atoms with E-state index in [1.54, 1.807) is 6.26 Å². The predicted octanol–water partition coefficient (Wildman–Crippen LogP) is 3.86. The Morgan fingerprint density at radius 3 is 2.84 bits per heavy atom. The van der Waals surface area contributed by atoms with E-state index in [9.17, 15) is 4.79 Å². The van der Waals surface area contributed by atoms with Gasteiger partial charge in [-0.2, -0.15) is 0 Å². The van der Waals surface area contributed by atoms with E-state index in [-0.39, 0.29) is 5.97 Å². The first-order valence-electron chi connectivity index (χ1n) is 6.65. The Bertz CT molecular complexity index is 532. The number of carbonyl (C=O) groups is 1. The van der Waals surface area contributed by atoms with Gasteiger partial charge >= 0.3 is 5.97 Å². The molecule has 1 aliphatic carbocycles. The van der Waals surface area contributed by atoms with Crippen molar-refractivity contribution < 1.29 is 13.9 Å². The molecule has 0 spiro atoms. The molecule has 0 amide bonds. The highest BCUT2D eigenvalue weighted by Crippen LogP contribution is 2.23. The highest BCUT2D eigenvalue weighted by Gasteiger charge is 2.13. The predicted molar refractivity (Wildman–Crippen MR) is 73.7 cm³/mol. The zero-order chi connectivity index (χ0) is 13.8. The largest absolute Gasteiger partial charge is 0.468 e. The van der Waals surface area contributed by atoms with Crippen molar-refractivity contribution in [2.24, 2.45) is 0 Å². The van der Waals surface area contributed by atoms with Crippen LogP contribution in [0, 0.1) is 6.92 Å². The second-order valence-corrected chi connectivity index (χ2v) is 5.05. The quantitative estimate of drug-likeness (QED) is 0.568. The minimum atomic E-state index is -0.256. The van der Waals surface area contributed by atoms with Crippen LogP contribution < -0.4 is 0 Å². The number of hydrogen-bond acceptors (Lipinski definition) is 3. The summed E-state index contributed by atoms with van der Waals surface area (Å²) < 4.78 is 10.9. The Kier molecular flexibility index (Phi) is 4.25. The molecule has 0 saturated carbocycles. The zero-order valence-electron chi connectivity index (χ0n) is 11.8. The molecule has 0 fully saturated rings. The van der Waals surface area contributed by atoms with Crippen LogP contribution >= 0.6 is 0 Å². The van der Waals surface area contributed by atoms with Crippen LogP contribution in [0.4, 0.5) is 0 Å². The summed E-state index contributed by atoms with van der Waals surface area (Å²) in [5.41, 5.74) is 3.65. The number of esters is 1. The molecule has 102 valence electrons. The fourth-order valence-electron chi connectivity index (χ4n) is 2.33. The molecule has 0 saturated heterocycles. The molecule has 1 aromatic rings. The zero-order valence-corrected chi connectivity index (χ0v) is 11.8. The van der Waals surface area contributed by atoms with Crippen LogP contribution in [0.25, 0.3) is 0 Å². The summed E-state index contributed by atoms with van der Waals surface area (Å²) in [6, 6.07) is 0. The Morgan fingerprint density at radius 2 is 2.11 bits per heavy atom. The molecular weight excluding hydrogens is 240 g/mol. The first-order valence-corrected chi connectivity index (χ1v) is 6.65. The van der Waals surface area contributed by atoms with Crippen molar-refractivity contribution in [2.45, 2.75) is 46.5 Å². The van der Waals surface area contributed by atoms with E-state index in [2.05, 4.69) is 13.0 Å². The monoisotopic (exact) mass is 260 g/mol. The molecular formula is C16H20O3. The number of fused-ring (bicyclic) bond motifs is 1. The van der Waals surface area contributed by atoms with Crippen molar-refractivity contribution in [3.63, 3.8) is 0 Å². The van der Waals surface area contributed by atoms with E-state index in [4.69, 9.17) is 9.15 Å². The number of aryl methyl sites for hydroxylation is 1. The summed E-state index contributed by atoms with van der Waals surface area (Å²) in [6.45, 7) is 5.60. The van der Waals surface area contributed by atoms with Crippen LogP contribution in [0.5, 0.6) is 0 Å². The third-order valence-electron chi connectivity index (χ3n) is 3.32. The Balaban J connectivity index is 2.30. The third-order valence-corrected chi connectivity index (χ3v) is 3.32. The van der Waals surface area contributed by atoms with Crippen LogP contribution in [0.1, 0.15) is 43.6 Å². The smallest absolute Gasteiger partial charge is 0.307 e. The molecule has 0 bridgehead atoms. The Hall–Kier alpha value is -1.77. The topological polar surface area (TPSA) is 39.4 Å². The third kappa shape index (κ3) is 3.60. The molecule has 0 atom stereocenters. The number of furan rings is 1. The van der Waals surface area contributed by atoms with Gasteiger partial charge in [0, 0.05) is 25.3 Å². The number of hydrogen-bond donors (Lipinski definition) is 0. The van der Waals surface area contributed by atoms with Gasteiger partial charge in [-0.25, -0.2) is 0 Å². The molecule has 3 nitrogen and oxygen atoms in total. The maximum Gasteiger partial charge on any atom is 0.307 e. The van der Waals surface area contributed by atoms with Crippen molar-refractivity contribution in [1.29, 1.82) is 0 Å². The van der Waals surface area contributed by atoms with Gasteiger partial charge < -0.3 is 9.15 Å². The molecule has 0 aromatic carbocycles. The standard InChI is InChI=1S/C16H20O3/c1-11-5-4-6-14(19-13(3)17)7-8-15-12(2)10-18-16(15)9-11/h5,7,10H,4,6,8-9H2,1-3H3/b11-5+,14-7-. The number of ether oxygens (including phenoxy) is 1. The van der Waals surface area contributed by atoms with E-state index in [0.717, 1.165) is 42.8 Å². The Labute approximate surface area is 113 Å². The van der Waals surface area contributed by atoms with Crippen LogP contribution in [-0.4, -0.2) is 5.97 Å². The van der Waals surface area contributed by atoms with Crippen molar-refractivity contribution in [1.82, 2.24) is 0 Å². The molecule has 0 radical (unpaired) electrons. The van der Waals surface area contributed by atoms with Gasteiger partial charge in [-0.3, -0.25) is 4.79 Å². The summed E-state index contributed by atoms with van der Waals surface area (Å²) in [5, 5.41) is 0. The first kappa shape index (κ1) is 13.7. The molecule has 0 aliphatic heterocycles. The minimum absolute atomic E-state index is 0.256. The second kappa shape index (κ2) is 5.91. The SMILES string of the molecule is CC(=O)O/C1=C\Cc2c(C)coc2C/C(C)=C/CC1. The van der Waals surface area contributed by atoms with Gasteiger partial charge in [0.1, 0.15) is 11.5 Å². The average molecular weight is 260 g/mol. The highest BCUT2D eigenvalue weighted by molar-refractivity contribution is 5.67. The summed E-state index contributed by atoms with van der Waals surface area (Å²) in [6.07, 6.45) is 9.26. The molecule has 3 heteroatoms. The molecule has 19 heavy (non-hydrogen) atoms. The lowest BCUT2D eigenvalue weighted by Gasteiger charge is -2.09. The van der Waals surface area contributed by atoms with E-state index in [1.807, 2.05) is 13.0 Å². The highest BCUT2D eigenvalue weighted by atomic mass is 16.5. The molecule has 0 unspecified atom stereocenters. The van der Waals surface area contributed by atoms with Gasteiger partial charge in [0.05, 0.1) is 6.26 Å². The van der Waals surface area contributed by atoms with Crippen LogP contribution in [0.2, 0.25) is 0 Å². The number of carbonyl (C=O) groups excluding carboxylic acids is 1. The lowest BCUT2D eigenvalue weighted by Crippen LogP contribution is -2.02. The number of rotatable bonds is 1. The van der Waals surface area contributed by atoms with Crippen LogP contribution in [0.3, 0.4) is 0 Å². The summed E-state index contributed by atoms with van der Waals surface area (Å²) >= 11 is 0. The minimum Gasteiger partial charge on any atom is -0.468 e. The number of allylic oxidation sites excluding steroid dienone is 4. The average Bonchev–Trinajstić information content (AvgIpc) is 2.66. The normalized spacial score (nSPS) is 21.6. The van der Waals surface area contributed by atoms with Crippen molar-refractivity contribution in [3.05, 3.63) is 46.6 Å². The molecule has 1 heterocycles. The van der Waals surface area contributed by atoms with Crippen molar-refractivity contribution >= 4 is 5.97 Å². The van der Waals surface area contributed by atoms with Crippen molar-refractivity contribution in [3.8, 4) is 0 Å². The lowest BCUT2D eigenvalue weighted by molar-refractivity contribution is -0.137. The summed E-state index contributed by atoms with van der Waals surface area (Å²) in [5.74, 6) is 1.52. The van der Waals surface area contributed by atoms with Gasteiger partial charge in [-0.15, -0.1) is 0 Å². The maximum absolute atomic E-state index is 11.1. The van der Waals surface area contributed by atoms with E-state index < -0.39 is 0 Å². The summed E-state index contributed by atoms with van der Waals surface area (Å²) in [7, 11) is 0. The molecule has 0 N–H and O–H groups in total. The van der Waals surface area contributed by atoms with Crippen LogP contribution in [-0.2, 0) is 22.4 Å². The van der Waals surface area contributed by atoms with Crippen LogP contribution in [0.15, 0.2) is 34.2 Å². The van der Waals surface area contributed by atoms with Crippen molar-refractivity contribution in [2.75, 3.05) is 0 Å². The lowest BCUT2D eigenvalue weighted by atomic mass is 10.0. The summed E-state index contributed by atoms with van der Waals surface area (Å²) in [4.78, 5) is 11.1. The molecule has 1 aromatic heterocycles. The van der Waals surface area contributed by atoms with Gasteiger partial charge in [-0.05, 0) is 38.3 Å². The van der Waals surface area contributed by atoms with Gasteiger partial charge in [0.15, 0.2) is 0 Å². The van der Waals surface area contributed by atoms with Gasteiger partial charge in [-0.1, -0.05) is 11.6 Å². The van der Waals surface area contributed by atoms with E-state index in [0.29, 0.717) is 0 Å². The van der Waals surface area contributed by atoms with Gasteiger partial charge in [0.25, 0.3) is 0 Å². The maximum atomic E-state index is 11.1. The fraction of sp³-hybridized carbons (Fsp3) is 0.438. The molecule has 1 aliphatic rings. The Morgan fingerprint density at radius 1 is 1.32 bits per heavy atom. The van der Waals surface area contributed by atoms with E-state index >= 15 is 0 Å². The first-order chi connectivity index (χ1) is 9.06.